The minimum absolute atomic E-state index is 0. The van der Waals surface area contributed by atoms with Crippen molar-refractivity contribution in [2.75, 3.05) is 0 Å². The summed E-state index contributed by atoms with van der Waals surface area (Å²) in [5, 5.41) is 0. The topological polar surface area (TPSA) is 0 Å². The fraction of sp³-hybridized carbons (Fsp3) is 0. The van der Waals surface area contributed by atoms with Crippen molar-refractivity contribution in [2.24, 2.45) is 0 Å². The Morgan fingerprint density at radius 1 is 1.00 bits per heavy atom. The van der Waals surface area contributed by atoms with Crippen molar-refractivity contribution in [1.82, 2.24) is 0 Å². The van der Waals surface area contributed by atoms with E-state index in [0.29, 0.717) is 0 Å². The van der Waals surface area contributed by atoms with Gasteiger partial charge in [-0.2, -0.15) is 0 Å². The molecular weight excluding hydrogens is 340 g/mol. The molecule has 0 amide bonds. The average molecular weight is 345 g/mol. The normalized spacial score (nSPS) is 0. The van der Waals surface area contributed by atoms with Crippen LogP contribution in [0.1, 0.15) is 0 Å². The van der Waals surface area contributed by atoms with Gasteiger partial charge < -0.3 is 0 Å². The van der Waals surface area contributed by atoms with Gasteiger partial charge in [0.2, 0.25) is 0 Å². The van der Waals surface area contributed by atoms with E-state index < -0.39 is 0 Å². The molecule has 0 nitrogen and oxygen atoms in total. The van der Waals surface area contributed by atoms with Gasteiger partial charge >= 0.3 is 123 Å². The third-order valence-electron chi connectivity index (χ3n) is 0. The Bertz CT molecular complexity index is 8.00. The maximum Gasteiger partial charge on any atom is 0.316 e. The molecule has 0 aromatic rings. The van der Waals surface area contributed by atoms with Crippen LogP contribution in [0.4, 0.5) is 0 Å². The van der Waals surface area contributed by atoms with Crippen LogP contribution in [-0.2, 0) is 0 Å². The summed E-state index contributed by atoms with van der Waals surface area (Å²) in [6.07, 6.45) is 0. The van der Waals surface area contributed by atoms with Crippen LogP contribution in [0.5, 0.6) is 0 Å². The van der Waals surface area contributed by atoms with Crippen LogP contribution in [0, 0.1) is 35.6 Å². The van der Waals surface area contributed by atoms with Crippen molar-refractivity contribution in [2.45, 2.75) is 0 Å². The molecular formula is H5BaKLaMg. The van der Waals surface area contributed by atoms with Gasteiger partial charge in [0.05, 0.1) is 0 Å². The number of hydrogen-bond acceptors (Lipinski definition) is 0. The molecule has 0 aliphatic carbocycles. The van der Waals surface area contributed by atoms with Crippen molar-refractivity contribution in [3.8, 4) is 0 Å². The van der Waals surface area contributed by atoms with Gasteiger partial charge in [0, 0.05) is 35.6 Å². The molecule has 0 aromatic carbocycles. The van der Waals surface area contributed by atoms with Gasteiger partial charge in [0.1, 0.15) is 0 Å². The van der Waals surface area contributed by atoms with Crippen LogP contribution < -0.4 is 0 Å². The van der Waals surface area contributed by atoms with Gasteiger partial charge in [-0.05, 0) is 0 Å². The smallest absolute Gasteiger partial charge is 0 e. The molecule has 0 atom stereocenters. The molecule has 0 aromatic heterocycles. The summed E-state index contributed by atoms with van der Waals surface area (Å²) in [6.45, 7) is 0. The Balaban J connectivity index is 0. The maximum absolute atomic E-state index is 0. The fourth-order valence-electron chi connectivity index (χ4n) is 0. The molecule has 0 N–H and O–H groups in total. The van der Waals surface area contributed by atoms with E-state index in [1.807, 2.05) is 0 Å². The number of rotatable bonds is 0. The Kier molecular flexibility index (Phi) is 90.0. The van der Waals surface area contributed by atoms with Crippen LogP contribution in [0.15, 0.2) is 0 Å². The molecule has 1 radical (unpaired) electrons. The second-order valence-corrected chi connectivity index (χ2v) is 0. The zero-order chi connectivity index (χ0) is 0. The van der Waals surface area contributed by atoms with E-state index in [0.717, 1.165) is 0 Å². The summed E-state index contributed by atoms with van der Waals surface area (Å²) in [6, 6.07) is 0. The molecule has 0 aliphatic rings. The van der Waals surface area contributed by atoms with E-state index in [1.165, 1.54) is 0 Å². The first-order chi connectivity index (χ1) is 0. The molecule has 13 valence electrons. The van der Waals surface area contributed by atoms with Crippen molar-refractivity contribution in [3.63, 3.8) is 0 Å². The number of hydrogen-bond donors (Lipinski definition) is 0. The molecule has 0 saturated carbocycles. The second-order valence-electron chi connectivity index (χ2n) is 0. The molecule has 0 fully saturated rings. The third-order valence-corrected chi connectivity index (χ3v) is 0. The predicted molar refractivity (Wildman–Crippen MR) is 24.2 cm³/mol. The summed E-state index contributed by atoms with van der Waals surface area (Å²) < 4.78 is 0. The van der Waals surface area contributed by atoms with Gasteiger partial charge in [-0.25, -0.2) is 0 Å². The summed E-state index contributed by atoms with van der Waals surface area (Å²) >= 11 is 0. The second kappa shape index (κ2) is 15.7. The van der Waals surface area contributed by atoms with Gasteiger partial charge in [-0.1, -0.05) is 0 Å². The van der Waals surface area contributed by atoms with Crippen LogP contribution in [0.2, 0.25) is 0 Å². The van der Waals surface area contributed by atoms with Crippen molar-refractivity contribution < 1.29 is 35.6 Å². The van der Waals surface area contributed by atoms with Crippen molar-refractivity contribution in [3.05, 3.63) is 0 Å². The van der Waals surface area contributed by atoms with E-state index >= 15 is 0 Å². The summed E-state index contributed by atoms with van der Waals surface area (Å²) in [5.74, 6) is 0. The molecule has 0 unspecified atom stereocenters. The molecule has 0 heterocycles. The van der Waals surface area contributed by atoms with E-state index in [9.17, 15) is 0 Å². The monoisotopic (exact) mass is 345 g/mol. The largest absolute Gasteiger partial charge is 0.316 e. The molecule has 0 saturated heterocycles. The molecule has 0 aliphatic heterocycles. The van der Waals surface area contributed by atoms with Gasteiger partial charge in [0.25, 0.3) is 0 Å². The van der Waals surface area contributed by atoms with Crippen molar-refractivity contribution in [1.29, 1.82) is 0 Å². The summed E-state index contributed by atoms with van der Waals surface area (Å²) in [7, 11) is 0. The Labute approximate surface area is 153 Å². The SMILES string of the molecule is [BaH2].[KH].[La].[MgH2]. The van der Waals surface area contributed by atoms with Crippen LogP contribution in [0.3, 0.4) is 0 Å². The minimum atomic E-state index is 0. The van der Waals surface area contributed by atoms with Gasteiger partial charge in [0.15, 0.2) is 0 Å². The molecule has 0 rings (SSSR count). The Morgan fingerprint density at radius 2 is 1.00 bits per heavy atom. The van der Waals surface area contributed by atoms with E-state index in [1.54, 1.807) is 0 Å². The first kappa shape index (κ1) is 22.9. The first-order valence-corrected chi connectivity index (χ1v) is 0. The molecule has 0 bridgehead atoms. The quantitative estimate of drug-likeness (QED) is 0.427. The third kappa shape index (κ3) is 10.2. The standard InChI is InChI=1S/Ba.K.La.Mg.5H. The summed E-state index contributed by atoms with van der Waals surface area (Å²) in [4.78, 5) is 0. The molecule has 4 heavy (non-hydrogen) atoms. The zero-order valence-corrected chi connectivity index (χ0v) is 4.20. The van der Waals surface area contributed by atoms with Crippen molar-refractivity contribution >= 4 is 123 Å². The Morgan fingerprint density at radius 3 is 1.00 bits per heavy atom. The fourth-order valence-corrected chi connectivity index (χ4v) is 0. The minimum Gasteiger partial charge on any atom is 0 e. The molecule has 0 spiro atoms. The predicted octanol–water partition coefficient (Wildman–Crippen LogP) is -2.48. The first-order valence-electron chi connectivity index (χ1n) is 0. The summed E-state index contributed by atoms with van der Waals surface area (Å²) in [5.41, 5.74) is 0. The van der Waals surface area contributed by atoms with Crippen LogP contribution in [0.25, 0.3) is 0 Å². The average Bonchev–Trinajstić information content (AvgIpc) is 0. The van der Waals surface area contributed by atoms with E-state index in [-0.39, 0.29) is 159 Å². The van der Waals surface area contributed by atoms with E-state index in [4.69, 9.17) is 0 Å². The Hall–Kier alpha value is 5.17. The zero-order valence-electron chi connectivity index (χ0n) is 0.577. The van der Waals surface area contributed by atoms with E-state index in [2.05, 4.69) is 0 Å². The van der Waals surface area contributed by atoms with Crippen LogP contribution >= 0.6 is 0 Å². The molecule has 4 heteroatoms. The maximum atomic E-state index is 0. The van der Waals surface area contributed by atoms with Gasteiger partial charge in [-0.15, -0.1) is 0 Å². The van der Waals surface area contributed by atoms with Crippen LogP contribution in [-0.4, -0.2) is 123 Å². The van der Waals surface area contributed by atoms with Gasteiger partial charge in [-0.3, -0.25) is 0 Å².